The molecule has 0 saturated heterocycles. The summed E-state index contributed by atoms with van der Waals surface area (Å²) in [7, 11) is 0. The SMILES string of the molecule is NCCCC[C@H](N)C(=O)N[C@@H](CCCN)C(=O)O. The summed E-state index contributed by atoms with van der Waals surface area (Å²) in [5, 5.41) is 11.4. The van der Waals surface area contributed by atoms with Gasteiger partial charge in [0.2, 0.25) is 5.91 Å². The Morgan fingerprint density at radius 2 is 1.67 bits per heavy atom. The molecule has 7 heteroatoms. The lowest BCUT2D eigenvalue weighted by Crippen LogP contribution is -2.48. The first-order valence-electron chi connectivity index (χ1n) is 6.21. The smallest absolute Gasteiger partial charge is 0.326 e. The second-order valence-electron chi connectivity index (χ2n) is 4.22. The van der Waals surface area contributed by atoms with Crippen LogP contribution in [0.25, 0.3) is 0 Å². The highest BCUT2D eigenvalue weighted by atomic mass is 16.4. The molecule has 0 fully saturated rings. The van der Waals surface area contributed by atoms with Crippen LogP contribution < -0.4 is 22.5 Å². The van der Waals surface area contributed by atoms with Gasteiger partial charge in [-0.05, 0) is 38.8 Å². The summed E-state index contributed by atoms with van der Waals surface area (Å²) in [6, 6.07) is -1.60. The molecule has 0 aliphatic heterocycles. The van der Waals surface area contributed by atoms with Crippen molar-refractivity contribution in [1.29, 1.82) is 0 Å². The molecule has 0 rings (SSSR count). The van der Waals surface area contributed by atoms with Gasteiger partial charge in [0.05, 0.1) is 6.04 Å². The van der Waals surface area contributed by atoms with Gasteiger partial charge in [-0.15, -0.1) is 0 Å². The molecule has 0 bridgehead atoms. The Labute approximate surface area is 107 Å². The van der Waals surface area contributed by atoms with Crippen molar-refractivity contribution in [3.05, 3.63) is 0 Å². The topological polar surface area (TPSA) is 144 Å². The molecular formula is C11H24N4O3. The molecule has 2 atom stereocenters. The minimum Gasteiger partial charge on any atom is -0.480 e. The Bertz CT molecular complexity index is 261. The number of hydrogen-bond acceptors (Lipinski definition) is 5. The van der Waals surface area contributed by atoms with Crippen LogP contribution in [0.2, 0.25) is 0 Å². The van der Waals surface area contributed by atoms with Crippen molar-refractivity contribution in [2.24, 2.45) is 17.2 Å². The van der Waals surface area contributed by atoms with Crippen molar-refractivity contribution in [3.8, 4) is 0 Å². The molecule has 0 aromatic carbocycles. The molecule has 0 aliphatic carbocycles. The number of aliphatic carboxylic acids is 1. The maximum Gasteiger partial charge on any atom is 0.326 e. The lowest BCUT2D eigenvalue weighted by molar-refractivity contribution is -0.142. The van der Waals surface area contributed by atoms with Crippen LogP contribution in [-0.2, 0) is 9.59 Å². The van der Waals surface area contributed by atoms with Crippen molar-refractivity contribution >= 4 is 11.9 Å². The largest absolute Gasteiger partial charge is 0.480 e. The Balaban J connectivity index is 4.10. The Morgan fingerprint density at radius 3 is 2.17 bits per heavy atom. The van der Waals surface area contributed by atoms with Crippen molar-refractivity contribution in [2.45, 2.75) is 44.2 Å². The van der Waals surface area contributed by atoms with Gasteiger partial charge < -0.3 is 27.6 Å². The predicted molar refractivity (Wildman–Crippen MR) is 68.7 cm³/mol. The van der Waals surface area contributed by atoms with Gasteiger partial charge in [0.1, 0.15) is 6.04 Å². The van der Waals surface area contributed by atoms with Gasteiger partial charge in [0.25, 0.3) is 0 Å². The normalized spacial score (nSPS) is 13.9. The summed E-state index contributed by atoms with van der Waals surface area (Å²) < 4.78 is 0. The highest BCUT2D eigenvalue weighted by molar-refractivity contribution is 5.86. The number of rotatable bonds is 10. The molecule has 0 saturated carbocycles. The molecule has 0 heterocycles. The molecule has 0 spiro atoms. The van der Waals surface area contributed by atoms with Crippen LogP contribution in [0.15, 0.2) is 0 Å². The molecular weight excluding hydrogens is 236 g/mol. The summed E-state index contributed by atoms with van der Waals surface area (Å²) in [5.74, 6) is -1.50. The Hall–Kier alpha value is -1.18. The quantitative estimate of drug-likeness (QED) is 0.310. The Morgan fingerprint density at radius 1 is 1.06 bits per heavy atom. The lowest BCUT2D eigenvalue weighted by atomic mass is 10.1. The first kappa shape index (κ1) is 16.8. The van der Waals surface area contributed by atoms with E-state index in [1.165, 1.54) is 0 Å². The number of carbonyl (C=O) groups excluding carboxylic acids is 1. The van der Waals surface area contributed by atoms with Gasteiger partial charge in [0.15, 0.2) is 0 Å². The fraction of sp³-hybridized carbons (Fsp3) is 0.818. The lowest BCUT2D eigenvalue weighted by Gasteiger charge is -2.17. The standard InChI is InChI=1S/C11H24N4O3/c12-6-2-1-4-8(14)10(16)15-9(11(17)18)5-3-7-13/h8-9H,1-7,12-14H2,(H,15,16)(H,17,18)/t8-,9-/m0/s1. The second kappa shape index (κ2) is 9.81. The number of nitrogens with two attached hydrogens (primary N) is 3. The summed E-state index contributed by atoms with van der Waals surface area (Å²) in [6.07, 6.45) is 2.92. The predicted octanol–water partition coefficient (Wildman–Crippen LogP) is -1.25. The summed E-state index contributed by atoms with van der Waals surface area (Å²) in [6.45, 7) is 0.949. The third kappa shape index (κ3) is 7.21. The molecule has 18 heavy (non-hydrogen) atoms. The van der Waals surface area contributed by atoms with Crippen LogP contribution in [0.3, 0.4) is 0 Å². The number of carboxylic acid groups (broad SMARTS) is 1. The third-order valence-corrected chi connectivity index (χ3v) is 2.62. The highest BCUT2D eigenvalue weighted by Crippen LogP contribution is 2.01. The zero-order valence-electron chi connectivity index (χ0n) is 10.6. The number of unbranched alkanes of at least 4 members (excludes halogenated alkanes) is 1. The average molecular weight is 260 g/mol. The van der Waals surface area contributed by atoms with E-state index in [2.05, 4.69) is 5.32 Å². The van der Waals surface area contributed by atoms with E-state index in [0.29, 0.717) is 32.4 Å². The van der Waals surface area contributed by atoms with Gasteiger partial charge >= 0.3 is 5.97 Å². The maximum atomic E-state index is 11.7. The Kier molecular flexibility index (Phi) is 9.17. The van der Waals surface area contributed by atoms with E-state index in [-0.39, 0.29) is 0 Å². The van der Waals surface area contributed by atoms with Gasteiger partial charge in [-0.3, -0.25) is 4.79 Å². The number of carboxylic acids is 1. The maximum absolute atomic E-state index is 11.7. The van der Waals surface area contributed by atoms with Crippen LogP contribution in [0, 0.1) is 0 Å². The monoisotopic (exact) mass is 260 g/mol. The van der Waals surface area contributed by atoms with E-state index in [4.69, 9.17) is 22.3 Å². The fourth-order valence-corrected chi connectivity index (χ4v) is 1.50. The van der Waals surface area contributed by atoms with Crippen LogP contribution in [-0.4, -0.2) is 42.2 Å². The van der Waals surface area contributed by atoms with Crippen molar-refractivity contribution in [1.82, 2.24) is 5.32 Å². The van der Waals surface area contributed by atoms with Crippen LogP contribution in [0.5, 0.6) is 0 Å². The van der Waals surface area contributed by atoms with Crippen molar-refractivity contribution < 1.29 is 14.7 Å². The van der Waals surface area contributed by atoms with Crippen molar-refractivity contribution in [2.75, 3.05) is 13.1 Å². The molecule has 0 aromatic rings. The summed E-state index contributed by atoms with van der Waals surface area (Å²) >= 11 is 0. The number of hydrogen-bond donors (Lipinski definition) is 5. The summed E-state index contributed by atoms with van der Waals surface area (Å²) in [5.41, 5.74) is 16.3. The molecule has 0 unspecified atom stereocenters. The highest BCUT2D eigenvalue weighted by Gasteiger charge is 2.22. The molecule has 7 nitrogen and oxygen atoms in total. The summed E-state index contributed by atoms with van der Waals surface area (Å²) in [4.78, 5) is 22.6. The molecule has 8 N–H and O–H groups in total. The minimum absolute atomic E-state index is 0.313. The van der Waals surface area contributed by atoms with Crippen LogP contribution >= 0.6 is 0 Å². The van der Waals surface area contributed by atoms with E-state index in [9.17, 15) is 9.59 Å². The molecule has 0 radical (unpaired) electrons. The molecule has 106 valence electrons. The zero-order chi connectivity index (χ0) is 14.0. The molecule has 1 amide bonds. The van der Waals surface area contributed by atoms with Crippen LogP contribution in [0.1, 0.15) is 32.1 Å². The van der Waals surface area contributed by atoms with Crippen LogP contribution in [0.4, 0.5) is 0 Å². The van der Waals surface area contributed by atoms with E-state index in [1.54, 1.807) is 0 Å². The van der Waals surface area contributed by atoms with E-state index in [0.717, 1.165) is 12.8 Å². The van der Waals surface area contributed by atoms with E-state index < -0.39 is 24.0 Å². The van der Waals surface area contributed by atoms with Gasteiger partial charge in [-0.1, -0.05) is 6.42 Å². The minimum atomic E-state index is -1.06. The first-order valence-corrected chi connectivity index (χ1v) is 6.21. The molecule has 0 aromatic heterocycles. The van der Waals surface area contributed by atoms with Crippen molar-refractivity contribution in [3.63, 3.8) is 0 Å². The number of carbonyl (C=O) groups is 2. The van der Waals surface area contributed by atoms with E-state index in [1.807, 2.05) is 0 Å². The average Bonchev–Trinajstić information content (AvgIpc) is 2.33. The fourth-order valence-electron chi connectivity index (χ4n) is 1.50. The first-order chi connectivity index (χ1) is 8.52. The second-order valence-corrected chi connectivity index (χ2v) is 4.22. The number of amides is 1. The third-order valence-electron chi connectivity index (χ3n) is 2.62. The zero-order valence-corrected chi connectivity index (χ0v) is 10.6. The van der Waals surface area contributed by atoms with E-state index >= 15 is 0 Å². The van der Waals surface area contributed by atoms with Gasteiger partial charge in [-0.25, -0.2) is 4.79 Å². The molecule has 0 aliphatic rings. The van der Waals surface area contributed by atoms with Gasteiger partial charge in [-0.2, -0.15) is 0 Å². The van der Waals surface area contributed by atoms with Gasteiger partial charge in [0, 0.05) is 0 Å². The number of nitrogens with one attached hydrogen (secondary N) is 1.